The molecule has 0 aliphatic heterocycles. The Morgan fingerprint density at radius 2 is 1.95 bits per heavy atom. The van der Waals surface area contributed by atoms with Gasteiger partial charge in [-0.1, -0.05) is 5.16 Å². The third kappa shape index (κ3) is 1.96. The first-order valence-electron chi connectivity index (χ1n) is 6.48. The molecule has 0 fully saturated rings. The molecule has 3 rings (SSSR count). The first-order valence-corrected chi connectivity index (χ1v) is 6.48. The summed E-state index contributed by atoms with van der Waals surface area (Å²) < 4.78 is 10.7. The number of rotatable bonds is 2. The van der Waals surface area contributed by atoms with Crippen molar-refractivity contribution in [1.29, 1.82) is 0 Å². The van der Waals surface area contributed by atoms with Gasteiger partial charge in [-0.15, -0.1) is 0 Å². The summed E-state index contributed by atoms with van der Waals surface area (Å²) in [5.41, 5.74) is 16.1. The molecule has 21 heavy (non-hydrogen) atoms. The lowest BCUT2D eigenvalue weighted by Gasteiger charge is -2.12. The van der Waals surface area contributed by atoms with Crippen LogP contribution < -0.4 is 16.2 Å². The summed E-state index contributed by atoms with van der Waals surface area (Å²) in [5.74, 6) is 1.41. The van der Waals surface area contributed by atoms with Gasteiger partial charge < -0.3 is 20.7 Å². The average molecular weight is 284 g/mol. The van der Waals surface area contributed by atoms with Crippen molar-refractivity contribution in [2.75, 3.05) is 18.6 Å². The number of aromatic nitrogens is 2. The first-order chi connectivity index (χ1) is 10.0. The topological polar surface area (TPSA) is 100 Å². The molecule has 2 aromatic heterocycles. The largest absolute Gasteiger partial charge is 0.496 e. The third-order valence-corrected chi connectivity index (χ3v) is 3.56. The molecule has 0 atom stereocenters. The van der Waals surface area contributed by atoms with Gasteiger partial charge in [0.2, 0.25) is 0 Å². The van der Waals surface area contributed by atoms with Gasteiger partial charge >= 0.3 is 0 Å². The normalized spacial score (nSPS) is 11.0. The summed E-state index contributed by atoms with van der Waals surface area (Å²) >= 11 is 0. The SMILES string of the molecule is COc1cc2c(N)c(N)cnc2cc1-c1c(C)noc1C. The molecule has 0 amide bonds. The molecule has 108 valence electrons. The third-order valence-electron chi connectivity index (χ3n) is 3.56. The molecule has 0 spiro atoms. The zero-order valence-corrected chi connectivity index (χ0v) is 12.1. The number of nitrogens with two attached hydrogens (primary N) is 2. The van der Waals surface area contributed by atoms with E-state index in [1.807, 2.05) is 26.0 Å². The summed E-state index contributed by atoms with van der Waals surface area (Å²) in [7, 11) is 1.61. The number of hydrogen-bond donors (Lipinski definition) is 2. The molecule has 0 aliphatic carbocycles. The molecule has 3 aromatic rings. The van der Waals surface area contributed by atoms with Crippen molar-refractivity contribution in [3.8, 4) is 16.9 Å². The van der Waals surface area contributed by atoms with Gasteiger partial charge in [0.15, 0.2) is 0 Å². The number of nitrogen functional groups attached to an aromatic ring is 2. The highest BCUT2D eigenvalue weighted by Gasteiger charge is 2.18. The van der Waals surface area contributed by atoms with Gasteiger partial charge in [0.1, 0.15) is 11.5 Å². The van der Waals surface area contributed by atoms with E-state index in [0.717, 1.165) is 33.5 Å². The van der Waals surface area contributed by atoms with Gasteiger partial charge in [0.05, 0.1) is 41.5 Å². The van der Waals surface area contributed by atoms with E-state index in [9.17, 15) is 0 Å². The minimum Gasteiger partial charge on any atom is -0.496 e. The van der Waals surface area contributed by atoms with E-state index in [-0.39, 0.29) is 0 Å². The predicted molar refractivity (Wildman–Crippen MR) is 82.1 cm³/mol. The highest BCUT2D eigenvalue weighted by Crippen LogP contribution is 2.39. The number of ether oxygens (including phenoxy) is 1. The summed E-state index contributed by atoms with van der Waals surface area (Å²) in [6.45, 7) is 3.75. The van der Waals surface area contributed by atoms with Crippen molar-refractivity contribution >= 4 is 22.3 Å². The van der Waals surface area contributed by atoms with Crippen LogP contribution in [0.3, 0.4) is 0 Å². The minimum absolute atomic E-state index is 0.453. The maximum Gasteiger partial charge on any atom is 0.141 e. The molecule has 0 aliphatic rings. The van der Waals surface area contributed by atoms with Crippen molar-refractivity contribution in [2.24, 2.45) is 0 Å². The zero-order valence-electron chi connectivity index (χ0n) is 12.1. The van der Waals surface area contributed by atoms with Crippen LogP contribution in [0.1, 0.15) is 11.5 Å². The lowest BCUT2D eigenvalue weighted by Crippen LogP contribution is -1.98. The van der Waals surface area contributed by atoms with E-state index < -0.39 is 0 Å². The Kier molecular flexibility index (Phi) is 2.94. The lowest BCUT2D eigenvalue weighted by atomic mass is 10.00. The number of hydrogen-bond acceptors (Lipinski definition) is 6. The molecule has 0 saturated heterocycles. The van der Waals surface area contributed by atoms with E-state index in [0.29, 0.717) is 17.1 Å². The van der Waals surface area contributed by atoms with Crippen molar-refractivity contribution in [1.82, 2.24) is 10.1 Å². The van der Waals surface area contributed by atoms with Gasteiger partial charge in [-0.25, -0.2) is 0 Å². The lowest BCUT2D eigenvalue weighted by molar-refractivity contribution is 0.393. The number of anilines is 2. The van der Waals surface area contributed by atoms with E-state index in [2.05, 4.69) is 10.1 Å². The fourth-order valence-corrected chi connectivity index (χ4v) is 2.49. The average Bonchev–Trinajstić information content (AvgIpc) is 2.81. The van der Waals surface area contributed by atoms with E-state index in [1.165, 1.54) is 0 Å². The Labute approximate surface area is 121 Å². The second kappa shape index (κ2) is 4.66. The minimum atomic E-state index is 0.453. The molecular weight excluding hydrogens is 268 g/mol. The maximum absolute atomic E-state index is 6.02. The van der Waals surface area contributed by atoms with Gasteiger partial charge in [-0.3, -0.25) is 4.98 Å². The van der Waals surface area contributed by atoms with Crippen molar-refractivity contribution < 1.29 is 9.26 Å². The molecule has 6 heteroatoms. The monoisotopic (exact) mass is 284 g/mol. The van der Waals surface area contributed by atoms with E-state index >= 15 is 0 Å². The fraction of sp³-hybridized carbons (Fsp3) is 0.200. The van der Waals surface area contributed by atoms with Gasteiger partial charge in [-0.2, -0.15) is 0 Å². The smallest absolute Gasteiger partial charge is 0.141 e. The van der Waals surface area contributed by atoms with Crippen molar-refractivity contribution in [3.63, 3.8) is 0 Å². The molecule has 0 unspecified atom stereocenters. The number of pyridine rings is 1. The van der Waals surface area contributed by atoms with E-state index in [4.69, 9.17) is 20.7 Å². The number of aryl methyl sites for hydroxylation is 2. The zero-order chi connectivity index (χ0) is 15.1. The highest BCUT2D eigenvalue weighted by molar-refractivity contribution is 5.99. The van der Waals surface area contributed by atoms with Crippen LogP contribution in [0, 0.1) is 13.8 Å². The summed E-state index contributed by atoms with van der Waals surface area (Å²) in [5, 5.41) is 4.75. The second-order valence-electron chi connectivity index (χ2n) is 4.90. The summed E-state index contributed by atoms with van der Waals surface area (Å²) in [6.07, 6.45) is 1.56. The Morgan fingerprint density at radius 1 is 1.19 bits per heavy atom. The molecule has 0 radical (unpaired) electrons. The Balaban J connectivity index is 2.36. The standard InChI is InChI=1S/C15H16N4O2/c1-7-14(8(2)21-19-7)10-4-12-9(5-13(10)20-3)15(17)11(16)6-18-12/h4-6H,16H2,1-3H3,(H2,17,18). The van der Waals surface area contributed by atoms with Gasteiger partial charge in [-0.05, 0) is 26.0 Å². The Morgan fingerprint density at radius 3 is 2.57 bits per heavy atom. The molecule has 2 heterocycles. The van der Waals surface area contributed by atoms with Crippen LogP contribution >= 0.6 is 0 Å². The van der Waals surface area contributed by atoms with E-state index in [1.54, 1.807) is 13.3 Å². The maximum atomic E-state index is 6.02. The number of methoxy groups -OCH3 is 1. The van der Waals surface area contributed by atoms with Crippen LogP contribution in [0.2, 0.25) is 0 Å². The van der Waals surface area contributed by atoms with Crippen LogP contribution in [-0.4, -0.2) is 17.3 Å². The molecule has 4 N–H and O–H groups in total. The van der Waals surface area contributed by atoms with Crippen LogP contribution in [0.4, 0.5) is 11.4 Å². The Hall–Kier alpha value is -2.76. The van der Waals surface area contributed by atoms with Gasteiger partial charge in [0.25, 0.3) is 0 Å². The quantitative estimate of drug-likeness (QED) is 0.750. The molecule has 1 aromatic carbocycles. The number of nitrogens with zero attached hydrogens (tertiary/aromatic N) is 2. The number of fused-ring (bicyclic) bond motifs is 1. The second-order valence-corrected chi connectivity index (χ2v) is 4.90. The Bertz CT molecular complexity index is 820. The molecule has 6 nitrogen and oxygen atoms in total. The first kappa shape index (κ1) is 13.2. The molecule has 0 saturated carbocycles. The summed E-state index contributed by atoms with van der Waals surface area (Å²) in [4.78, 5) is 4.34. The van der Waals surface area contributed by atoms with Crippen LogP contribution in [0.25, 0.3) is 22.0 Å². The number of benzene rings is 1. The van der Waals surface area contributed by atoms with Crippen molar-refractivity contribution in [3.05, 3.63) is 29.8 Å². The molecular formula is C15H16N4O2. The predicted octanol–water partition coefficient (Wildman–Crippen LogP) is 2.68. The van der Waals surface area contributed by atoms with Crippen LogP contribution in [0.15, 0.2) is 22.9 Å². The van der Waals surface area contributed by atoms with Crippen LogP contribution in [-0.2, 0) is 0 Å². The summed E-state index contributed by atoms with van der Waals surface area (Å²) in [6, 6.07) is 3.76. The fourth-order valence-electron chi connectivity index (χ4n) is 2.49. The van der Waals surface area contributed by atoms with Crippen molar-refractivity contribution in [2.45, 2.75) is 13.8 Å². The molecule has 0 bridgehead atoms. The van der Waals surface area contributed by atoms with Gasteiger partial charge in [0, 0.05) is 10.9 Å². The van der Waals surface area contributed by atoms with Crippen LogP contribution in [0.5, 0.6) is 5.75 Å². The highest BCUT2D eigenvalue weighted by atomic mass is 16.5.